The molecule has 1 N–H and O–H groups in total. The molecule has 3 nitrogen and oxygen atoms in total. The van der Waals surface area contributed by atoms with Crippen LogP contribution in [0.2, 0.25) is 0 Å². The van der Waals surface area contributed by atoms with Gasteiger partial charge in [-0.1, -0.05) is 53.7 Å². The molecule has 3 heteroatoms. The van der Waals surface area contributed by atoms with Gasteiger partial charge in [-0.3, -0.25) is 4.57 Å². The van der Waals surface area contributed by atoms with Crippen molar-refractivity contribution in [2.45, 2.75) is 47.6 Å². The van der Waals surface area contributed by atoms with E-state index in [2.05, 4.69) is 46.5 Å². The van der Waals surface area contributed by atoms with Crippen molar-refractivity contribution in [1.82, 2.24) is 9.55 Å². The molecular weight excluding hydrogens is 236 g/mol. The summed E-state index contributed by atoms with van der Waals surface area (Å²) in [5, 5.41) is 0. The fourth-order valence-corrected chi connectivity index (χ4v) is 3.40. The number of para-hydroxylation sites is 2. The predicted molar refractivity (Wildman–Crippen MR) is 80.5 cm³/mol. The standard InChI is InChI=1S/C16H24N2O/c1-15(2,3)13(16(4,5)6)18-12-10-8-7-9-11(12)17-14(18)19/h7-10,13H,1-6H3,(H,17,19). The number of nitrogens with zero attached hydrogens (tertiary/aromatic N) is 1. The van der Waals surface area contributed by atoms with Crippen LogP contribution >= 0.6 is 0 Å². The van der Waals surface area contributed by atoms with Crippen LogP contribution in [0.3, 0.4) is 0 Å². The van der Waals surface area contributed by atoms with Gasteiger partial charge in [-0.05, 0) is 23.0 Å². The van der Waals surface area contributed by atoms with Crippen molar-refractivity contribution in [3.05, 3.63) is 34.7 Å². The number of aromatic nitrogens is 2. The molecule has 0 unspecified atom stereocenters. The molecule has 1 aromatic carbocycles. The lowest BCUT2D eigenvalue weighted by atomic mass is 9.72. The fraction of sp³-hybridized carbons (Fsp3) is 0.562. The maximum atomic E-state index is 12.4. The first kappa shape index (κ1) is 13.9. The molecule has 1 heterocycles. The minimum atomic E-state index is -0.0175. The van der Waals surface area contributed by atoms with Crippen molar-refractivity contribution in [3.63, 3.8) is 0 Å². The molecule has 0 aliphatic rings. The molecule has 0 aliphatic heterocycles. The molecule has 0 fully saturated rings. The molecule has 0 amide bonds. The highest BCUT2D eigenvalue weighted by molar-refractivity contribution is 5.75. The highest BCUT2D eigenvalue weighted by Gasteiger charge is 2.38. The second-order valence-corrected chi connectivity index (χ2v) is 7.45. The Morgan fingerprint density at radius 2 is 1.53 bits per heavy atom. The van der Waals surface area contributed by atoms with E-state index in [1.165, 1.54) is 0 Å². The van der Waals surface area contributed by atoms with Gasteiger partial charge in [0.05, 0.1) is 11.0 Å². The lowest BCUT2D eigenvalue weighted by Crippen LogP contribution is -2.39. The third kappa shape index (κ3) is 2.46. The van der Waals surface area contributed by atoms with Gasteiger partial charge in [0.2, 0.25) is 0 Å². The summed E-state index contributed by atoms with van der Waals surface area (Å²) in [6.45, 7) is 13.1. The first-order valence-corrected chi connectivity index (χ1v) is 6.81. The molecule has 0 aliphatic carbocycles. The largest absolute Gasteiger partial charge is 0.326 e. The topological polar surface area (TPSA) is 37.8 Å². The summed E-state index contributed by atoms with van der Waals surface area (Å²) in [7, 11) is 0. The smallest absolute Gasteiger partial charge is 0.306 e. The van der Waals surface area contributed by atoms with Gasteiger partial charge in [0.15, 0.2) is 0 Å². The highest BCUT2D eigenvalue weighted by Crippen LogP contribution is 2.44. The van der Waals surface area contributed by atoms with Gasteiger partial charge in [0, 0.05) is 6.04 Å². The van der Waals surface area contributed by atoms with E-state index in [9.17, 15) is 4.79 Å². The SMILES string of the molecule is CC(C)(C)C(n1c(=O)[nH]c2ccccc21)C(C)(C)C. The van der Waals surface area contributed by atoms with E-state index in [1.807, 2.05) is 28.8 Å². The first-order valence-electron chi connectivity index (χ1n) is 6.81. The Hall–Kier alpha value is -1.51. The van der Waals surface area contributed by atoms with Crippen LogP contribution in [0.4, 0.5) is 0 Å². The third-order valence-electron chi connectivity index (χ3n) is 3.52. The summed E-state index contributed by atoms with van der Waals surface area (Å²) in [6, 6.07) is 8.02. The monoisotopic (exact) mass is 260 g/mol. The number of benzene rings is 1. The van der Waals surface area contributed by atoms with Crippen LogP contribution in [0.15, 0.2) is 29.1 Å². The summed E-state index contributed by atoms with van der Waals surface area (Å²) in [6.07, 6.45) is 0. The number of aromatic amines is 1. The minimum absolute atomic E-state index is 0.00699. The quantitative estimate of drug-likeness (QED) is 0.828. The number of imidazole rings is 1. The molecule has 0 atom stereocenters. The summed E-state index contributed by atoms with van der Waals surface area (Å²) in [5.41, 5.74) is 1.89. The average molecular weight is 260 g/mol. The Morgan fingerprint density at radius 3 is 2.05 bits per heavy atom. The van der Waals surface area contributed by atoms with Gasteiger partial charge in [-0.2, -0.15) is 0 Å². The van der Waals surface area contributed by atoms with Crippen LogP contribution in [0.25, 0.3) is 11.0 Å². The van der Waals surface area contributed by atoms with Crippen molar-refractivity contribution >= 4 is 11.0 Å². The Bertz CT molecular complexity index is 621. The van der Waals surface area contributed by atoms with E-state index >= 15 is 0 Å². The Kier molecular flexibility index (Phi) is 3.12. The number of rotatable bonds is 1. The highest BCUT2D eigenvalue weighted by atomic mass is 16.1. The van der Waals surface area contributed by atoms with Crippen LogP contribution in [0, 0.1) is 10.8 Å². The van der Waals surface area contributed by atoms with Gasteiger partial charge in [-0.15, -0.1) is 0 Å². The molecule has 2 rings (SSSR count). The van der Waals surface area contributed by atoms with Gasteiger partial charge >= 0.3 is 5.69 Å². The maximum Gasteiger partial charge on any atom is 0.326 e. The van der Waals surface area contributed by atoms with Crippen molar-refractivity contribution in [1.29, 1.82) is 0 Å². The molecule has 2 aromatic rings. The summed E-state index contributed by atoms with van der Waals surface area (Å²) in [5.74, 6) is 0. The zero-order valence-electron chi connectivity index (χ0n) is 12.7. The van der Waals surface area contributed by atoms with Crippen LogP contribution < -0.4 is 5.69 Å². The van der Waals surface area contributed by atoms with E-state index in [0.717, 1.165) is 11.0 Å². The maximum absolute atomic E-state index is 12.4. The van der Waals surface area contributed by atoms with E-state index in [-0.39, 0.29) is 22.6 Å². The zero-order chi connectivity index (χ0) is 14.4. The predicted octanol–water partition coefficient (Wildman–Crippen LogP) is 3.96. The Morgan fingerprint density at radius 1 is 1.00 bits per heavy atom. The van der Waals surface area contributed by atoms with Crippen LogP contribution in [-0.2, 0) is 0 Å². The number of hydrogen-bond donors (Lipinski definition) is 1. The van der Waals surface area contributed by atoms with Crippen LogP contribution in [-0.4, -0.2) is 9.55 Å². The summed E-state index contributed by atoms with van der Waals surface area (Å²) >= 11 is 0. The Labute approximate surface area is 114 Å². The van der Waals surface area contributed by atoms with Crippen LogP contribution in [0.1, 0.15) is 47.6 Å². The summed E-state index contributed by atoms with van der Waals surface area (Å²) in [4.78, 5) is 15.3. The zero-order valence-corrected chi connectivity index (χ0v) is 12.7. The van der Waals surface area contributed by atoms with E-state index < -0.39 is 0 Å². The van der Waals surface area contributed by atoms with Gasteiger partial charge in [0.1, 0.15) is 0 Å². The molecule has 0 saturated heterocycles. The minimum Gasteiger partial charge on any atom is -0.306 e. The lowest BCUT2D eigenvalue weighted by Gasteiger charge is -2.41. The molecule has 19 heavy (non-hydrogen) atoms. The molecular formula is C16H24N2O. The molecule has 0 radical (unpaired) electrons. The van der Waals surface area contributed by atoms with Crippen molar-refractivity contribution < 1.29 is 0 Å². The van der Waals surface area contributed by atoms with E-state index in [1.54, 1.807) is 0 Å². The molecule has 0 saturated carbocycles. The molecule has 1 aromatic heterocycles. The van der Waals surface area contributed by atoms with Gasteiger partial charge < -0.3 is 4.98 Å². The first-order chi connectivity index (χ1) is 8.62. The normalized spacial score (nSPS) is 13.4. The number of fused-ring (bicyclic) bond motifs is 1. The number of H-pyrrole nitrogens is 1. The number of nitrogens with one attached hydrogen (secondary N) is 1. The second-order valence-electron chi connectivity index (χ2n) is 7.45. The van der Waals surface area contributed by atoms with Crippen LogP contribution in [0.5, 0.6) is 0 Å². The molecule has 104 valence electrons. The van der Waals surface area contributed by atoms with Gasteiger partial charge in [-0.25, -0.2) is 4.79 Å². The lowest BCUT2D eigenvalue weighted by molar-refractivity contribution is 0.112. The fourth-order valence-electron chi connectivity index (χ4n) is 3.40. The van der Waals surface area contributed by atoms with E-state index in [4.69, 9.17) is 0 Å². The molecule has 0 bridgehead atoms. The molecule has 0 spiro atoms. The number of hydrogen-bond acceptors (Lipinski definition) is 1. The van der Waals surface area contributed by atoms with Gasteiger partial charge in [0.25, 0.3) is 0 Å². The van der Waals surface area contributed by atoms with Crippen molar-refractivity contribution in [3.8, 4) is 0 Å². The van der Waals surface area contributed by atoms with Crippen molar-refractivity contribution in [2.75, 3.05) is 0 Å². The average Bonchev–Trinajstić information content (AvgIpc) is 2.52. The van der Waals surface area contributed by atoms with E-state index in [0.29, 0.717) is 0 Å². The second kappa shape index (κ2) is 4.26. The third-order valence-corrected chi connectivity index (χ3v) is 3.52. The Balaban J connectivity index is 2.77. The summed E-state index contributed by atoms with van der Waals surface area (Å²) < 4.78 is 1.93. The van der Waals surface area contributed by atoms with Crippen molar-refractivity contribution in [2.24, 2.45) is 10.8 Å².